The van der Waals surface area contributed by atoms with Gasteiger partial charge in [0.2, 0.25) is 0 Å². The zero-order valence-electron chi connectivity index (χ0n) is 21.9. The Balaban J connectivity index is 1.31. The van der Waals surface area contributed by atoms with Crippen LogP contribution in [-0.4, -0.2) is 73.6 Å². The van der Waals surface area contributed by atoms with Gasteiger partial charge in [0.25, 0.3) is 0 Å². The van der Waals surface area contributed by atoms with E-state index in [9.17, 15) is 9.50 Å². The van der Waals surface area contributed by atoms with Crippen molar-refractivity contribution in [2.24, 2.45) is 5.92 Å². The van der Waals surface area contributed by atoms with E-state index in [1.165, 1.54) is 7.11 Å². The predicted octanol–water partition coefficient (Wildman–Crippen LogP) is 3.91. The molecule has 3 fully saturated rings. The number of rotatable bonds is 9. The molecule has 38 heavy (non-hydrogen) atoms. The smallest absolute Gasteiger partial charge is 0.191 e. The average Bonchev–Trinajstić information content (AvgIpc) is 3.22. The molecule has 2 N–H and O–H groups in total. The van der Waals surface area contributed by atoms with Gasteiger partial charge in [-0.3, -0.25) is 0 Å². The summed E-state index contributed by atoms with van der Waals surface area (Å²) in [7, 11) is 1.46. The highest BCUT2D eigenvalue weighted by molar-refractivity contribution is 7.99. The number of anilines is 1. The first kappa shape index (κ1) is 25.7. The Morgan fingerprint density at radius 1 is 1.24 bits per heavy atom. The number of benzene rings is 1. The first-order valence-corrected chi connectivity index (χ1v) is 14.1. The summed E-state index contributed by atoms with van der Waals surface area (Å²) in [6.07, 6.45) is 2.02. The highest BCUT2D eigenvalue weighted by atomic mass is 32.2. The zero-order valence-corrected chi connectivity index (χ0v) is 22.7. The van der Waals surface area contributed by atoms with Crippen molar-refractivity contribution in [3.63, 3.8) is 0 Å². The van der Waals surface area contributed by atoms with Gasteiger partial charge >= 0.3 is 0 Å². The number of fused-ring (bicyclic) bond motifs is 2. The van der Waals surface area contributed by atoms with Crippen molar-refractivity contribution in [2.75, 3.05) is 24.8 Å². The van der Waals surface area contributed by atoms with Crippen LogP contribution in [-0.2, 0) is 9.47 Å². The number of aromatic nitrogens is 5. The summed E-state index contributed by atoms with van der Waals surface area (Å²) < 4.78 is 33.5. The second-order valence-electron chi connectivity index (χ2n) is 10.7. The molecule has 1 aromatic carbocycles. The summed E-state index contributed by atoms with van der Waals surface area (Å²) in [6, 6.07) is 5.03. The van der Waals surface area contributed by atoms with Crippen LogP contribution < -0.4 is 10.1 Å². The van der Waals surface area contributed by atoms with Crippen LogP contribution in [0.5, 0.6) is 5.75 Å². The molecule has 0 radical (unpaired) electrons. The quantitative estimate of drug-likeness (QED) is 0.303. The van der Waals surface area contributed by atoms with E-state index in [2.05, 4.69) is 22.6 Å². The molecule has 0 spiro atoms. The SMILES string of the molecule is CCCSc1nc(NC2CC2c2ccc(OC)c(F)c2)c2nnn(C3CC(CO)C4OC(C)(C)OC43)c2n1. The lowest BCUT2D eigenvalue weighted by atomic mass is 10.1. The summed E-state index contributed by atoms with van der Waals surface area (Å²) in [4.78, 5) is 9.63. The number of nitrogens with one attached hydrogen (secondary N) is 1. The van der Waals surface area contributed by atoms with Crippen molar-refractivity contribution in [2.45, 2.75) is 81.2 Å². The maximum Gasteiger partial charge on any atom is 0.191 e. The third-order valence-corrected chi connectivity index (χ3v) is 8.61. The zero-order chi connectivity index (χ0) is 26.6. The fourth-order valence-electron chi connectivity index (χ4n) is 5.68. The highest BCUT2D eigenvalue weighted by Gasteiger charge is 2.55. The highest BCUT2D eigenvalue weighted by Crippen LogP contribution is 2.48. The van der Waals surface area contributed by atoms with E-state index in [-0.39, 0.29) is 54.3 Å². The van der Waals surface area contributed by atoms with Crippen molar-refractivity contribution < 1.29 is 23.7 Å². The lowest BCUT2D eigenvalue weighted by Gasteiger charge is -2.23. The maximum absolute atomic E-state index is 14.3. The van der Waals surface area contributed by atoms with Crippen LogP contribution in [0.1, 0.15) is 57.6 Å². The van der Waals surface area contributed by atoms with E-state index in [4.69, 9.17) is 24.2 Å². The van der Waals surface area contributed by atoms with Gasteiger partial charge in [-0.05, 0) is 50.8 Å². The Morgan fingerprint density at radius 2 is 2.05 bits per heavy atom. The molecule has 3 aromatic rings. The number of halogens is 1. The first-order valence-electron chi connectivity index (χ1n) is 13.1. The van der Waals surface area contributed by atoms with Gasteiger partial charge in [-0.2, -0.15) is 0 Å². The van der Waals surface area contributed by atoms with Crippen molar-refractivity contribution in [1.82, 2.24) is 25.0 Å². The number of nitrogens with zero attached hydrogens (tertiary/aromatic N) is 5. The minimum atomic E-state index is -0.733. The van der Waals surface area contributed by atoms with Crippen molar-refractivity contribution >= 4 is 28.7 Å². The number of hydrogen-bond donors (Lipinski definition) is 2. The molecular weight excluding hydrogens is 511 g/mol. The first-order chi connectivity index (χ1) is 18.3. The summed E-state index contributed by atoms with van der Waals surface area (Å²) >= 11 is 1.59. The van der Waals surface area contributed by atoms with Crippen LogP contribution in [0.3, 0.4) is 0 Å². The minimum Gasteiger partial charge on any atom is -0.494 e. The fourth-order valence-corrected chi connectivity index (χ4v) is 6.37. The van der Waals surface area contributed by atoms with E-state index < -0.39 is 5.79 Å². The molecule has 6 rings (SSSR count). The summed E-state index contributed by atoms with van der Waals surface area (Å²) in [6.45, 7) is 5.91. The largest absolute Gasteiger partial charge is 0.494 e. The van der Waals surface area contributed by atoms with E-state index in [1.807, 2.05) is 24.6 Å². The number of methoxy groups -OCH3 is 1. The molecule has 2 aromatic heterocycles. The Kier molecular flexibility index (Phi) is 6.69. The van der Waals surface area contributed by atoms with Crippen LogP contribution in [0, 0.1) is 11.7 Å². The fraction of sp³-hybridized carbons (Fsp3) is 0.615. The standard InChI is InChI=1S/C26H33FN6O4S/c1-5-8-38-25-29-23(28-17-11-15(17)13-6-7-19(35-4)16(27)9-13)20-24(30-25)33(32-31-20)18-10-14(12-34)21-22(18)37-26(2,3)36-21/h6-7,9,14-15,17-18,21-22,34H,5,8,10-12H2,1-4H3,(H,28,29,30). The lowest BCUT2D eigenvalue weighted by molar-refractivity contribution is -0.162. The van der Waals surface area contributed by atoms with Gasteiger partial charge in [0.1, 0.15) is 6.10 Å². The Hall–Kier alpha value is -2.54. The molecule has 0 bridgehead atoms. The van der Waals surface area contributed by atoms with Crippen molar-refractivity contribution in [1.29, 1.82) is 0 Å². The third-order valence-electron chi connectivity index (χ3n) is 7.56. The second kappa shape index (κ2) is 9.89. The summed E-state index contributed by atoms with van der Waals surface area (Å²) in [5.74, 6) is 0.755. The number of aliphatic hydroxyl groups is 1. The van der Waals surface area contributed by atoms with Crippen LogP contribution in [0.15, 0.2) is 23.4 Å². The van der Waals surface area contributed by atoms with Crippen LogP contribution >= 0.6 is 11.8 Å². The Morgan fingerprint density at radius 3 is 2.79 bits per heavy atom. The van der Waals surface area contributed by atoms with Crippen LogP contribution in [0.2, 0.25) is 0 Å². The van der Waals surface area contributed by atoms with Gasteiger partial charge in [0, 0.05) is 30.2 Å². The predicted molar refractivity (Wildman–Crippen MR) is 140 cm³/mol. The van der Waals surface area contributed by atoms with Gasteiger partial charge < -0.3 is 24.6 Å². The molecule has 204 valence electrons. The number of ether oxygens (including phenoxy) is 3. The molecule has 2 aliphatic carbocycles. The molecule has 3 aliphatic rings. The van der Waals surface area contributed by atoms with Gasteiger partial charge in [0.05, 0.1) is 19.3 Å². The van der Waals surface area contributed by atoms with Crippen LogP contribution in [0.25, 0.3) is 11.2 Å². The minimum absolute atomic E-state index is 0.0121. The molecule has 10 nitrogen and oxygen atoms in total. The molecule has 0 amide bonds. The Bertz CT molecular complexity index is 1340. The monoisotopic (exact) mass is 544 g/mol. The molecular formula is C26H33FN6O4S. The molecule has 2 saturated carbocycles. The summed E-state index contributed by atoms with van der Waals surface area (Å²) in [5.41, 5.74) is 2.13. The maximum atomic E-state index is 14.3. The third kappa shape index (κ3) is 4.61. The normalized spacial score (nSPS) is 29.5. The Labute approximate surface area is 224 Å². The number of thioether (sulfide) groups is 1. The van der Waals surface area contributed by atoms with Crippen LogP contribution in [0.4, 0.5) is 10.2 Å². The van der Waals surface area contributed by atoms with E-state index in [0.717, 1.165) is 24.2 Å². The molecule has 6 unspecified atom stereocenters. The molecule has 12 heteroatoms. The average molecular weight is 545 g/mol. The number of hydrogen-bond acceptors (Lipinski definition) is 10. The van der Waals surface area contributed by atoms with Gasteiger partial charge in [-0.25, -0.2) is 19.0 Å². The lowest BCUT2D eigenvalue weighted by Crippen LogP contribution is -2.28. The topological polar surface area (TPSA) is 116 Å². The van der Waals surface area contributed by atoms with Gasteiger partial charge in [-0.15, -0.1) is 5.10 Å². The van der Waals surface area contributed by atoms with Crippen molar-refractivity contribution in [3.05, 3.63) is 29.6 Å². The number of aliphatic hydroxyl groups excluding tert-OH is 1. The summed E-state index contributed by atoms with van der Waals surface area (Å²) in [5, 5.41) is 23.2. The van der Waals surface area contributed by atoms with E-state index >= 15 is 0 Å². The second-order valence-corrected chi connectivity index (χ2v) is 11.8. The van der Waals surface area contributed by atoms with Gasteiger partial charge in [-0.1, -0.05) is 30.0 Å². The molecule has 6 atom stereocenters. The van der Waals surface area contributed by atoms with Gasteiger partial charge in [0.15, 0.2) is 39.5 Å². The molecule has 3 heterocycles. The molecule has 1 aliphatic heterocycles. The molecule has 1 saturated heterocycles. The van der Waals surface area contributed by atoms with E-state index in [1.54, 1.807) is 23.9 Å². The van der Waals surface area contributed by atoms with Crippen molar-refractivity contribution in [3.8, 4) is 5.75 Å². The van der Waals surface area contributed by atoms with E-state index in [0.29, 0.717) is 28.6 Å².